The molecule has 2 nitrogen and oxygen atoms in total. The van der Waals surface area contributed by atoms with Crippen molar-refractivity contribution in [2.45, 2.75) is 47.5 Å². The molecule has 0 aliphatic rings. The summed E-state index contributed by atoms with van der Waals surface area (Å²) in [7, 11) is 0. The minimum atomic E-state index is -0.0753. The highest BCUT2D eigenvalue weighted by Gasteiger charge is 2.16. The van der Waals surface area contributed by atoms with E-state index in [1.54, 1.807) is 13.0 Å². The van der Waals surface area contributed by atoms with Crippen molar-refractivity contribution in [2.24, 2.45) is 5.41 Å². The molecule has 0 fully saturated rings. The standard InChI is InChI=1S/C14H24O2/c1-6-11(10-14(4,5)8-3)9-13(16)12(15)7-2/h6-7,9,15-16H,8,10H2,1-5H3/b11-6+,12-7+,13-9+. The third kappa shape index (κ3) is 5.06. The summed E-state index contributed by atoms with van der Waals surface area (Å²) in [5.41, 5.74) is 1.25. The first-order valence-electron chi connectivity index (χ1n) is 5.77. The van der Waals surface area contributed by atoms with E-state index < -0.39 is 0 Å². The van der Waals surface area contributed by atoms with E-state index in [1.807, 2.05) is 13.0 Å². The first-order chi connectivity index (χ1) is 7.36. The largest absolute Gasteiger partial charge is 0.504 e. The van der Waals surface area contributed by atoms with Crippen LogP contribution in [0.3, 0.4) is 0 Å². The summed E-state index contributed by atoms with van der Waals surface area (Å²) in [6.45, 7) is 10.2. The van der Waals surface area contributed by atoms with Gasteiger partial charge in [-0.1, -0.05) is 33.3 Å². The fraction of sp³-hybridized carbons (Fsp3) is 0.571. The van der Waals surface area contributed by atoms with E-state index in [1.165, 1.54) is 6.08 Å². The Morgan fingerprint density at radius 2 is 1.62 bits per heavy atom. The van der Waals surface area contributed by atoms with E-state index in [0.29, 0.717) is 0 Å². The van der Waals surface area contributed by atoms with Gasteiger partial charge in [-0.25, -0.2) is 0 Å². The van der Waals surface area contributed by atoms with Crippen LogP contribution in [0, 0.1) is 5.41 Å². The van der Waals surface area contributed by atoms with Gasteiger partial charge in [0.2, 0.25) is 0 Å². The van der Waals surface area contributed by atoms with Crippen molar-refractivity contribution in [2.75, 3.05) is 0 Å². The van der Waals surface area contributed by atoms with Crippen molar-refractivity contribution in [3.8, 4) is 0 Å². The molecule has 2 N–H and O–H groups in total. The molecule has 92 valence electrons. The summed E-state index contributed by atoms with van der Waals surface area (Å²) in [4.78, 5) is 0. The van der Waals surface area contributed by atoms with Gasteiger partial charge >= 0.3 is 0 Å². The molecule has 0 amide bonds. The van der Waals surface area contributed by atoms with Crippen LogP contribution in [0.5, 0.6) is 0 Å². The maximum absolute atomic E-state index is 9.59. The Morgan fingerprint density at radius 3 is 2.00 bits per heavy atom. The molecule has 0 heterocycles. The Kier molecular flexibility index (Phi) is 5.94. The summed E-state index contributed by atoms with van der Waals surface area (Å²) in [5, 5.41) is 18.9. The molecule has 2 heteroatoms. The van der Waals surface area contributed by atoms with Crippen LogP contribution >= 0.6 is 0 Å². The lowest BCUT2D eigenvalue weighted by atomic mass is 9.83. The first kappa shape index (κ1) is 14.8. The van der Waals surface area contributed by atoms with Gasteiger partial charge in [0.1, 0.15) is 0 Å². The lowest BCUT2D eigenvalue weighted by molar-refractivity contribution is 0.322. The van der Waals surface area contributed by atoms with Crippen molar-refractivity contribution in [1.29, 1.82) is 0 Å². The molecule has 0 saturated heterocycles. The van der Waals surface area contributed by atoms with Crippen LogP contribution in [0.15, 0.2) is 35.3 Å². The van der Waals surface area contributed by atoms with Crippen LogP contribution < -0.4 is 0 Å². The van der Waals surface area contributed by atoms with Crippen molar-refractivity contribution in [1.82, 2.24) is 0 Å². The van der Waals surface area contributed by atoms with Crippen LogP contribution in [0.25, 0.3) is 0 Å². The van der Waals surface area contributed by atoms with Crippen LogP contribution in [-0.2, 0) is 0 Å². The third-order valence-corrected chi connectivity index (χ3v) is 2.87. The molecule has 16 heavy (non-hydrogen) atoms. The minimum Gasteiger partial charge on any atom is -0.504 e. The van der Waals surface area contributed by atoms with Gasteiger partial charge in [-0.05, 0) is 43.4 Å². The van der Waals surface area contributed by atoms with Gasteiger partial charge in [0.15, 0.2) is 11.5 Å². The lowest BCUT2D eigenvalue weighted by Gasteiger charge is -2.23. The monoisotopic (exact) mass is 224 g/mol. The maximum Gasteiger partial charge on any atom is 0.157 e. The van der Waals surface area contributed by atoms with E-state index in [4.69, 9.17) is 0 Å². The second kappa shape index (κ2) is 6.41. The Labute approximate surface area is 99.0 Å². The van der Waals surface area contributed by atoms with E-state index in [0.717, 1.165) is 18.4 Å². The summed E-state index contributed by atoms with van der Waals surface area (Å²) in [6.07, 6.45) is 7.04. The average molecular weight is 224 g/mol. The molecule has 0 atom stereocenters. The van der Waals surface area contributed by atoms with Crippen molar-refractivity contribution in [3.05, 3.63) is 35.3 Å². The predicted molar refractivity (Wildman–Crippen MR) is 69.5 cm³/mol. The molecule has 0 radical (unpaired) electrons. The molecule has 0 aliphatic carbocycles. The fourth-order valence-electron chi connectivity index (χ4n) is 1.31. The lowest BCUT2D eigenvalue weighted by Crippen LogP contribution is -2.10. The molecule has 0 saturated carbocycles. The Balaban J connectivity index is 4.81. The van der Waals surface area contributed by atoms with E-state index in [2.05, 4.69) is 20.8 Å². The number of hydrogen-bond acceptors (Lipinski definition) is 2. The van der Waals surface area contributed by atoms with Gasteiger partial charge in [-0.15, -0.1) is 0 Å². The quantitative estimate of drug-likeness (QED) is 0.526. The van der Waals surface area contributed by atoms with Gasteiger partial charge in [0, 0.05) is 0 Å². The third-order valence-electron chi connectivity index (χ3n) is 2.87. The van der Waals surface area contributed by atoms with Crippen molar-refractivity contribution < 1.29 is 10.2 Å². The molecule has 0 aliphatic heterocycles. The first-order valence-corrected chi connectivity index (χ1v) is 5.77. The van der Waals surface area contributed by atoms with Crippen LogP contribution in [-0.4, -0.2) is 10.2 Å². The molecule has 0 rings (SSSR count). The summed E-state index contributed by atoms with van der Waals surface area (Å²) < 4.78 is 0. The SMILES string of the molecule is C\C=C(/C=C(O)\C(O)=C/C)CC(C)(C)CC. The second-order valence-corrected chi connectivity index (χ2v) is 4.76. The summed E-state index contributed by atoms with van der Waals surface area (Å²) in [5.74, 6) is -0.142. The number of aliphatic hydroxyl groups excluding tert-OH is 2. The topological polar surface area (TPSA) is 40.5 Å². The van der Waals surface area contributed by atoms with Crippen molar-refractivity contribution in [3.63, 3.8) is 0 Å². The summed E-state index contributed by atoms with van der Waals surface area (Å²) in [6, 6.07) is 0. The Bertz CT molecular complexity index is 307. The minimum absolute atomic E-state index is 0.0671. The fourth-order valence-corrected chi connectivity index (χ4v) is 1.31. The zero-order valence-electron chi connectivity index (χ0n) is 11.0. The molecule has 0 unspecified atom stereocenters. The Morgan fingerprint density at radius 1 is 1.06 bits per heavy atom. The normalized spacial score (nSPS) is 15.4. The van der Waals surface area contributed by atoms with E-state index in [9.17, 15) is 10.2 Å². The van der Waals surface area contributed by atoms with Crippen molar-refractivity contribution >= 4 is 0 Å². The van der Waals surface area contributed by atoms with Gasteiger partial charge in [0.05, 0.1) is 0 Å². The number of allylic oxidation sites excluding steroid dienone is 4. The number of aliphatic hydroxyl groups is 2. The highest BCUT2D eigenvalue weighted by atomic mass is 16.3. The van der Waals surface area contributed by atoms with E-state index in [-0.39, 0.29) is 16.9 Å². The van der Waals surface area contributed by atoms with Gasteiger partial charge < -0.3 is 10.2 Å². The molecule has 0 aromatic rings. The van der Waals surface area contributed by atoms with Gasteiger partial charge in [0.25, 0.3) is 0 Å². The van der Waals surface area contributed by atoms with Crippen LogP contribution in [0.1, 0.15) is 47.5 Å². The van der Waals surface area contributed by atoms with Gasteiger partial charge in [-0.2, -0.15) is 0 Å². The number of hydrogen-bond donors (Lipinski definition) is 2. The highest BCUT2D eigenvalue weighted by molar-refractivity contribution is 5.29. The molecular weight excluding hydrogens is 200 g/mol. The zero-order chi connectivity index (χ0) is 12.8. The smallest absolute Gasteiger partial charge is 0.157 e. The molecule has 0 aromatic heterocycles. The Hall–Kier alpha value is -1.18. The highest BCUT2D eigenvalue weighted by Crippen LogP contribution is 2.29. The number of rotatable bonds is 5. The second-order valence-electron chi connectivity index (χ2n) is 4.76. The maximum atomic E-state index is 9.59. The zero-order valence-corrected chi connectivity index (χ0v) is 11.0. The van der Waals surface area contributed by atoms with Crippen LogP contribution in [0.2, 0.25) is 0 Å². The predicted octanol–water partition coefficient (Wildman–Crippen LogP) is 4.66. The average Bonchev–Trinajstić information content (AvgIpc) is 2.26. The van der Waals surface area contributed by atoms with Gasteiger partial charge in [-0.3, -0.25) is 0 Å². The summed E-state index contributed by atoms with van der Waals surface area (Å²) >= 11 is 0. The molecule has 0 spiro atoms. The van der Waals surface area contributed by atoms with Crippen LogP contribution in [0.4, 0.5) is 0 Å². The molecular formula is C14H24O2. The molecule has 0 aromatic carbocycles. The van der Waals surface area contributed by atoms with E-state index >= 15 is 0 Å². The molecule has 0 bridgehead atoms.